The van der Waals surface area contributed by atoms with Crippen LogP contribution in [0.4, 0.5) is 5.69 Å². The minimum atomic E-state index is -4.09. The molecule has 0 fully saturated rings. The monoisotopic (exact) mass is 447 g/mol. The van der Waals surface area contributed by atoms with Gasteiger partial charge < -0.3 is 20.6 Å². The Kier molecular flexibility index (Phi) is 7.15. The first-order chi connectivity index (χ1) is 13.5. The van der Waals surface area contributed by atoms with Gasteiger partial charge in [0.05, 0.1) is 28.7 Å². The van der Waals surface area contributed by atoms with Gasteiger partial charge in [0, 0.05) is 31.5 Å². The summed E-state index contributed by atoms with van der Waals surface area (Å²) in [6, 6.07) is 4.32. The maximum Gasteiger partial charge on any atom is 0.240 e. The molecule has 2 aromatic rings. The lowest BCUT2D eigenvalue weighted by Crippen LogP contribution is -2.27. The van der Waals surface area contributed by atoms with Crippen LogP contribution in [-0.2, 0) is 24.8 Å². The van der Waals surface area contributed by atoms with Crippen molar-refractivity contribution >= 4 is 42.4 Å². The molecular formula is C16H21N3O8S2. The second kappa shape index (κ2) is 9.02. The molecule has 2 aromatic carbocycles. The number of carbonyl (C=O) groups excluding carboxylic acids is 1. The Balaban J connectivity index is 2.75. The van der Waals surface area contributed by atoms with Crippen molar-refractivity contribution in [1.29, 1.82) is 0 Å². The standard InChI is InChI=1S/C16H21N3O8S2/c1-10(22)19-14-8-12(28(24,25)17-2-4-20)6-11-7-13(9-15(23)16(11)14)29(26,27)18-3-5-21/h6-9,17-18,20-21,23H,2-5H2,1H3,(H,19,22). The molecule has 13 heteroatoms. The molecule has 160 valence electrons. The molecule has 0 radical (unpaired) electrons. The van der Waals surface area contributed by atoms with Crippen molar-refractivity contribution in [2.45, 2.75) is 16.7 Å². The Morgan fingerprint density at radius 1 is 0.897 bits per heavy atom. The number of phenols is 1. The van der Waals surface area contributed by atoms with Gasteiger partial charge in [0.1, 0.15) is 5.75 Å². The number of amides is 1. The molecule has 0 heterocycles. The summed E-state index contributed by atoms with van der Waals surface area (Å²) in [5.74, 6) is -1.03. The summed E-state index contributed by atoms with van der Waals surface area (Å²) in [6.45, 7) is -0.195. The number of sulfonamides is 2. The highest BCUT2D eigenvalue weighted by molar-refractivity contribution is 7.89. The van der Waals surface area contributed by atoms with Gasteiger partial charge in [-0.3, -0.25) is 4.79 Å². The first-order valence-corrected chi connectivity index (χ1v) is 11.3. The zero-order valence-corrected chi connectivity index (χ0v) is 17.0. The second-order valence-electron chi connectivity index (χ2n) is 5.94. The van der Waals surface area contributed by atoms with Gasteiger partial charge in [-0.25, -0.2) is 26.3 Å². The largest absolute Gasteiger partial charge is 0.507 e. The third kappa shape index (κ3) is 5.41. The first kappa shape index (κ1) is 23.0. The molecule has 0 aliphatic rings. The summed E-state index contributed by atoms with van der Waals surface area (Å²) in [4.78, 5) is 10.9. The minimum absolute atomic E-state index is 0.0324. The lowest BCUT2D eigenvalue weighted by atomic mass is 10.1. The van der Waals surface area contributed by atoms with E-state index in [-0.39, 0.29) is 39.3 Å². The van der Waals surface area contributed by atoms with Crippen LogP contribution in [0.2, 0.25) is 0 Å². The second-order valence-corrected chi connectivity index (χ2v) is 9.47. The summed E-state index contributed by atoms with van der Waals surface area (Å²) < 4.78 is 53.7. The molecule has 1 amide bonds. The summed E-state index contributed by atoms with van der Waals surface area (Å²) in [5.41, 5.74) is -0.0378. The van der Waals surface area contributed by atoms with Crippen LogP contribution in [0.5, 0.6) is 5.75 Å². The van der Waals surface area contributed by atoms with Crippen molar-refractivity contribution in [2.75, 3.05) is 31.6 Å². The van der Waals surface area contributed by atoms with Crippen LogP contribution in [0.15, 0.2) is 34.1 Å². The SMILES string of the molecule is CC(=O)Nc1cc(S(=O)(=O)NCCO)cc2cc(S(=O)(=O)NCCO)cc(O)c12. The van der Waals surface area contributed by atoms with Crippen molar-refractivity contribution in [3.63, 3.8) is 0 Å². The van der Waals surface area contributed by atoms with Gasteiger partial charge in [-0.1, -0.05) is 0 Å². The Morgan fingerprint density at radius 2 is 1.38 bits per heavy atom. The van der Waals surface area contributed by atoms with Crippen molar-refractivity contribution in [1.82, 2.24) is 9.44 Å². The number of hydrogen-bond donors (Lipinski definition) is 6. The number of carbonyl (C=O) groups is 1. The fourth-order valence-electron chi connectivity index (χ4n) is 2.56. The van der Waals surface area contributed by atoms with Crippen molar-refractivity contribution in [3.05, 3.63) is 24.3 Å². The van der Waals surface area contributed by atoms with Crippen molar-refractivity contribution < 1.29 is 36.9 Å². The van der Waals surface area contributed by atoms with Crippen LogP contribution in [-0.4, -0.2) is 64.4 Å². The van der Waals surface area contributed by atoms with Gasteiger partial charge in [0.2, 0.25) is 26.0 Å². The van der Waals surface area contributed by atoms with Gasteiger partial charge in [0.25, 0.3) is 0 Å². The quantitative estimate of drug-likeness (QED) is 0.284. The zero-order valence-electron chi connectivity index (χ0n) is 15.3. The van der Waals surface area contributed by atoms with E-state index in [1.807, 2.05) is 0 Å². The highest BCUT2D eigenvalue weighted by Crippen LogP contribution is 2.36. The number of anilines is 1. The van der Waals surface area contributed by atoms with Gasteiger partial charge in [0.15, 0.2) is 0 Å². The van der Waals surface area contributed by atoms with E-state index in [0.29, 0.717) is 0 Å². The molecule has 0 spiro atoms. The molecule has 0 aliphatic carbocycles. The topological polar surface area (TPSA) is 182 Å². The molecular weight excluding hydrogens is 426 g/mol. The molecule has 0 saturated carbocycles. The smallest absolute Gasteiger partial charge is 0.240 e. The van der Waals surface area contributed by atoms with E-state index < -0.39 is 44.9 Å². The van der Waals surface area contributed by atoms with E-state index in [1.165, 1.54) is 6.92 Å². The summed E-state index contributed by atoms with van der Waals surface area (Å²) >= 11 is 0. The summed E-state index contributed by atoms with van der Waals surface area (Å²) in [5, 5.41) is 30.5. The number of aromatic hydroxyl groups is 1. The molecule has 0 aromatic heterocycles. The third-order valence-electron chi connectivity index (χ3n) is 3.71. The number of aliphatic hydroxyl groups is 2. The predicted octanol–water partition coefficient (Wildman–Crippen LogP) is -0.955. The molecule has 6 N–H and O–H groups in total. The number of hydrogen-bond acceptors (Lipinski definition) is 8. The average Bonchev–Trinajstić information content (AvgIpc) is 2.63. The van der Waals surface area contributed by atoms with Crippen molar-refractivity contribution in [2.24, 2.45) is 0 Å². The van der Waals surface area contributed by atoms with Crippen LogP contribution >= 0.6 is 0 Å². The Morgan fingerprint density at radius 3 is 1.83 bits per heavy atom. The molecule has 0 bridgehead atoms. The fraction of sp³-hybridized carbons (Fsp3) is 0.312. The maximum atomic E-state index is 12.4. The van der Waals surface area contributed by atoms with Crippen LogP contribution in [0.25, 0.3) is 10.8 Å². The van der Waals surface area contributed by atoms with Gasteiger partial charge in [-0.05, 0) is 23.6 Å². The summed E-state index contributed by atoms with van der Waals surface area (Å²) in [6.07, 6.45) is 0. The molecule has 0 unspecified atom stereocenters. The third-order valence-corrected chi connectivity index (χ3v) is 6.60. The van der Waals surface area contributed by atoms with E-state index >= 15 is 0 Å². The number of benzene rings is 2. The molecule has 11 nitrogen and oxygen atoms in total. The molecule has 0 atom stereocenters. The normalized spacial score (nSPS) is 12.2. The minimum Gasteiger partial charge on any atom is -0.507 e. The van der Waals surface area contributed by atoms with Crippen LogP contribution in [0.3, 0.4) is 0 Å². The van der Waals surface area contributed by atoms with E-state index in [2.05, 4.69) is 14.8 Å². The van der Waals surface area contributed by atoms with E-state index in [1.54, 1.807) is 0 Å². The number of phenolic OH excluding ortho intramolecular Hbond substituents is 1. The highest BCUT2D eigenvalue weighted by atomic mass is 32.2. The maximum absolute atomic E-state index is 12.4. The number of aliphatic hydroxyl groups excluding tert-OH is 2. The average molecular weight is 447 g/mol. The zero-order chi connectivity index (χ0) is 21.8. The first-order valence-electron chi connectivity index (χ1n) is 8.31. The number of fused-ring (bicyclic) bond motifs is 1. The Labute approximate surface area is 167 Å². The van der Waals surface area contributed by atoms with Gasteiger partial charge >= 0.3 is 0 Å². The lowest BCUT2D eigenvalue weighted by molar-refractivity contribution is -0.114. The van der Waals surface area contributed by atoms with Crippen LogP contribution in [0.1, 0.15) is 6.92 Å². The Bertz CT molecular complexity index is 1130. The molecule has 0 aliphatic heterocycles. The Hall–Kier alpha value is -2.29. The molecule has 2 rings (SSSR count). The number of nitrogens with one attached hydrogen (secondary N) is 3. The molecule has 29 heavy (non-hydrogen) atoms. The van der Waals surface area contributed by atoms with E-state index in [4.69, 9.17) is 10.2 Å². The molecule has 0 saturated heterocycles. The predicted molar refractivity (Wildman–Crippen MR) is 104 cm³/mol. The van der Waals surface area contributed by atoms with Crippen LogP contribution < -0.4 is 14.8 Å². The fourth-order valence-corrected chi connectivity index (χ4v) is 4.72. The van der Waals surface area contributed by atoms with E-state index in [0.717, 1.165) is 24.3 Å². The van der Waals surface area contributed by atoms with E-state index in [9.17, 15) is 26.7 Å². The van der Waals surface area contributed by atoms with Crippen LogP contribution in [0, 0.1) is 0 Å². The lowest BCUT2D eigenvalue weighted by Gasteiger charge is -2.14. The summed E-state index contributed by atoms with van der Waals surface area (Å²) in [7, 11) is -8.18. The highest BCUT2D eigenvalue weighted by Gasteiger charge is 2.22. The van der Waals surface area contributed by atoms with Gasteiger partial charge in [-0.15, -0.1) is 0 Å². The van der Waals surface area contributed by atoms with Gasteiger partial charge in [-0.2, -0.15) is 0 Å². The van der Waals surface area contributed by atoms with Crippen molar-refractivity contribution in [3.8, 4) is 5.75 Å². The number of rotatable bonds is 9.